The maximum Gasteiger partial charge on any atom is 0.302 e. The normalized spacial score (nSPS) is 48.0. The molecule has 8 atom stereocenters. The summed E-state index contributed by atoms with van der Waals surface area (Å²) in [5, 5.41) is 0. The summed E-state index contributed by atoms with van der Waals surface area (Å²) in [6.45, 7) is 13.4. The monoisotopic (exact) mass is 468 g/mol. The van der Waals surface area contributed by atoms with Crippen LogP contribution in [0.2, 0.25) is 0 Å². The summed E-state index contributed by atoms with van der Waals surface area (Å²) in [5.41, 5.74) is 2.30. The molecule has 5 rings (SSSR count). The zero-order chi connectivity index (χ0) is 24.7. The van der Waals surface area contributed by atoms with E-state index in [4.69, 9.17) is 4.74 Å². The van der Waals surface area contributed by atoms with E-state index in [1.165, 1.54) is 31.8 Å². The predicted octanol–water partition coefficient (Wildman–Crippen LogP) is 6.46. The van der Waals surface area contributed by atoms with Crippen LogP contribution >= 0.6 is 0 Å². The third kappa shape index (κ3) is 3.05. The van der Waals surface area contributed by atoms with E-state index in [1.807, 2.05) is 0 Å². The number of ether oxygens (including phenoxy) is 1. The first kappa shape index (κ1) is 24.3. The number of hydrogen-bond donors (Lipinski definition) is 0. The lowest BCUT2D eigenvalue weighted by molar-refractivity contribution is -0.202. The van der Waals surface area contributed by atoms with Crippen LogP contribution in [0, 0.1) is 45.3 Å². The van der Waals surface area contributed by atoms with Crippen molar-refractivity contribution in [2.75, 3.05) is 0 Å². The van der Waals surface area contributed by atoms with Crippen molar-refractivity contribution in [2.24, 2.45) is 45.3 Å². The van der Waals surface area contributed by atoms with Crippen molar-refractivity contribution in [3.05, 3.63) is 11.1 Å². The van der Waals surface area contributed by atoms with Crippen molar-refractivity contribution >= 4 is 18.0 Å². The largest absolute Gasteiger partial charge is 0.463 e. The highest BCUT2D eigenvalue weighted by molar-refractivity contribution is 6.03. The molecule has 0 heterocycles. The predicted molar refractivity (Wildman–Crippen MR) is 132 cm³/mol. The molecule has 0 saturated heterocycles. The van der Waals surface area contributed by atoms with E-state index in [2.05, 4.69) is 34.6 Å². The molecule has 34 heavy (non-hydrogen) atoms. The van der Waals surface area contributed by atoms with Crippen molar-refractivity contribution in [2.45, 2.75) is 112 Å². The van der Waals surface area contributed by atoms with E-state index < -0.39 is 5.41 Å². The fraction of sp³-hybridized carbons (Fsp3) is 0.833. The number of esters is 1. The fourth-order valence-corrected chi connectivity index (χ4v) is 10.2. The molecule has 0 radical (unpaired) electrons. The third-order valence-electron chi connectivity index (χ3n) is 12.1. The number of ketones is 1. The number of fused-ring (bicyclic) bond motifs is 7. The van der Waals surface area contributed by atoms with Crippen LogP contribution < -0.4 is 0 Å². The van der Waals surface area contributed by atoms with Gasteiger partial charge in [0.25, 0.3) is 0 Å². The summed E-state index contributed by atoms with van der Waals surface area (Å²) in [5.74, 6) is 1.86. The van der Waals surface area contributed by atoms with E-state index >= 15 is 0 Å². The summed E-state index contributed by atoms with van der Waals surface area (Å²) in [6, 6.07) is 0. The number of hydrogen-bond acceptors (Lipinski definition) is 4. The fourth-order valence-electron chi connectivity index (χ4n) is 10.2. The lowest BCUT2D eigenvalue weighted by Crippen LogP contribution is -2.63. The van der Waals surface area contributed by atoms with Crippen molar-refractivity contribution in [1.29, 1.82) is 0 Å². The van der Waals surface area contributed by atoms with Gasteiger partial charge in [0.05, 0.1) is 5.41 Å². The molecule has 5 aliphatic carbocycles. The lowest BCUT2D eigenvalue weighted by Gasteiger charge is -2.70. The van der Waals surface area contributed by atoms with Crippen LogP contribution in [0.1, 0.15) is 106 Å². The summed E-state index contributed by atoms with van der Waals surface area (Å²) >= 11 is 0. The molecule has 0 spiro atoms. The van der Waals surface area contributed by atoms with E-state index in [0.717, 1.165) is 50.4 Å². The quantitative estimate of drug-likeness (QED) is 0.352. The van der Waals surface area contributed by atoms with Crippen LogP contribution in [0.15, 0.2) is 11.1 Å². The van der Waals surface area contributed by atoms with Crippen LogP contribution in [-0.4, -0.2) is 24.1 Å². The van der Waals surface area contributed by atoms with Gasteiger partial charge < -0.3 is 9.53 Å². The van der Waals surface area contributed by atoms with Gasteiger partial charge in [-0.05, 0) is 109 Å². The minimum absolute atomic E-state index is 0.0815. The molecule has 188 valence electrons. The van der Waals surface area contributed by atoms with Crippen LogP contribution in [0.4, 0.5) is 0 Å². The molecule has 5 aliphatic rings. The first-order chi connectivity index (χ1) is 15.9. The standard InChI is InChI=1S/C30H44O4/c1-18(2)25-23(33)16-30(17-31)14-13-28(5)22(26(25)30)7-8-24-27(4)11-10-21(34-19(3)32)15-20(27)9-12-29(24,28)6/h17-18,20-22,24H,7-16H2,1-6H3/t20-,21-,22+,24+,27-,28+,29+,30-/m0/s1. The zero-order valence-corrected chi connectivity index (χ0v) is 22.2. The minimum atomic E-state index is -0.534. The van der Waals surface area contributed by atoms with Gasteiger partial charge in [-0.25, -0.2) is 0 Å². The summed E-state index contributed by atoms with van der Waals surface area (Å²) < 4.78 is 5.66. The van der Waals surface area contributed by atoms with Crippen molar-refractivity contribution in [1.82, 2.24) is 0 Å². The van der Waals surface area contributed by atoms with Gasteiger partial charge >= 0.3 is 5.97 Å². The van der Waals surface area contributed by atoms with Gasteiger partial charge in [-0.15, -0.1) is 0 Å². The molecule has 4 heteroatoms. The SMILES string of the molecule is CC(=O)O[C@H]1CC[C@@]2(C)[C@@H](CC[C@]3(C)[C@@H]2CC[C@@H]2C4=C(C(C)C)C(=O)C[C@]4(C=O)CC[C@]23C)C1. The molecule has 0 aromatic heterocycles. The Labute approximate surface area is 205 Å². The molecule has 0 aliphatic heterocycles. The van der Waals surface area contributed by atoms with Crippen LogP contribution in [-0.2, 0) is 19.1 Å². The first-order valence-corrected chi connectivity index (χ1v) is 13.8. The molecule has 4 fully saturated rings. The second-order valence-corrected chi connectivity index (χ2v) is 13.6. The average Bonchev–Trinajstić information content (AvgIpc) is 3.07. The lowest BCUT2D eigenvalue weighted by atomic mass is 9.34. The number of rotatable bonds is 3. The van der Waals surface area contributed by atoms with Crippen molar-refractivity contribution in [3.8, 4) is 0 Å². The molecule has 0 aromatic rings. The van der Waals surface area contributed by atoms with Gasteiger partial charge in [0, 0.05) is 13.3 Å². The molecule has 4 saturated carbocycles. The molecule has 0 unspecified atom stereocenters. The Kier molecular flexibility index (Phi) is 5.54. The van der Waals surface area contributed by atoms with Crippen molar-refractivity contribution < 1.29 is 19.1 Å². The van der Waals surface area contributed by atoms with Crippen LogP contribution in [0.3, 0.4) is 0 Å². The minimum Gasteiger partial charge on any atom is -0.463 e. The van der Waals surface area contributed by atoms with E-state index in [9.17, 15) is 14.4 Å². The first-order valence-electron chi connectivity index (χ1n) is 13.8. The maximum atomic E-state index is 13.2. The molecule has 0 aromatic carbocycles. The van der Waals surface area contributed by atoms with Gasteiger partial charge in [-0.1, -0.05) is 34.6 Å². The van der Waals surface area contributed by atoms with Gasteiger partial charge in [0.15, 0.2) is 5.78 Å². The number of carbonyl (C=O) groups is 3. The van der Waals surface area contributed by atoms with Crippen LogP contribution in [0.5, 0.6) is 0 Å². The highest BCUT2D eigenvalue weighted by Crippen LogP contribution is 2.75. The maximum absolute atomic E-state index is 13.2. The average molecular weight is 469 g/mol. The Bertz CT molecular complexity index is 947. The molecule has 0 bridgehead atoms. The third-order valence-corrected chi connectivity index (χ3v) is 12.1. The molecular weight excluding hydrogens is 424 g/mol. The Balaban J connectivity index is 1.52. The van der Waals surface area contributed by atoms with E-state index in [-0.39, 0.29) is 40.0 Å². The highest BCUT2D eigenvalue weighted by atomic mass is 16.5. The second-order valence-electron chi connectivity index (χ2n) is 13.6. The van der Waals surface area contributed by atoms with Crippen LogP contribution in [0.25, 0.3) is 0 Å². The smallest absolute Gasteiger partial charge is 0.302 e. The summed E-state index contributed by atoms with van der Waals surface area (Å²) in [4.78, 5) is 37.3. The molecule has 0 amide bonds. The number of allylic oxidation sites excluding steroid dienone is 2. The number of Topliss-reactive ketones (excluding diaryl/α,β-unsaturated/α-hetero) is 1. The molecule has 4 nitrogen and oxygen atoms in total. The van der Waals surface area contributed by atoms with E-state index in [1.54, 1.807) is 0 Å². The summed E-state index contributed by atoms with van der Waals surface area (Å²) in [6.07, 6.45) is 11.3. The Morgan fingerprint density at radius 2 is 1.74 bits per heavy atom. The van der Waals surface area contributed by atoms with Crippen molar-refractivity contribution in [3.63, 3.8) is 0 Å². The molecular formula is C30H44O4. The number of carbonyl (C=O) groups excluding carboxylic acids is 3. The second kappa shape index (κ2) is 7.77. The van der Waals surface area contributed by atoms with Gasteiger partial charge in [0.2, 0.25) is 0 Å². The Morgan fingerprint density at radius 1 is 1.00 bits per heavy atom. The van der Waals surface area contributed by atoms with E-state index in [0.29, 0.717) is 24.2 Å². The number of aldehydes is 1. The van der Waals surface area contributed by atoms with Gasteiger partial charge in [-0.2, -0.15) is 0 Å². The van der Waals surface area contributed by atoms with Gasteiger partial charge in [-0.3, -0.25) is 9.59 Å². The zero-order valence-electron chi connectivity index (χ0n) is 22.2. The highest BCUT2D eigenvalue weighted by Gasteiger charge is 2.68. The molecule has 0 N–H and O–H groups in total. The Morgan fingerprint density at radius 3 is 2.38 bits per heavy atom. The summed E-state index contributed by atoms with van der Waals surface area (Å²) in [7, 11) is 0. The Hall–Kier alpha value is -1.45. The topological polar surface area (TPSA) is 60.4 Å². The van der Waals surface area contributed by atoms with Gasteiger partial charge in [0.1, 0.15) is 12.4 Å².